The van der Waals surface area contributed by atoms with Gasteiger partial charge < -0.3 is 11.1 Å². The van der Waals surface area contributed by atoms with E-state index in [2.05, 4.69) is 30.9 Å². The summed E-state index contributed by atoms with van der Waals surface area (Å²) in [6.45, 7) is 1.82. The molecule has 2 rings (SSSR count). The molecule has 88 valence electrons. The smallest absolute Gasteiger partial charge is 0.252 e. The van der Waals surface area contributed by atoms with E-state index in [4.69, 9.17) is 5.73 Å². The molecule has 0 radical (unpaired) electrons. The maximum absolute atomic E-state index is 11.2. The minimum atomic E-state index is -0.541. The van der Waals surface area contributed by atoms with Crippen molar-refractivity contribution >= 4 is 11.7 Å². The van der Waals surface area contributed by atoms with Gasteiger partial charge in [-0.1, -0.05) is 5.21 Å². The number of aromatic nitrogens is 5. The topological polar surface area (TPSA) is 122 Å². The van der Waals surface area contributed by atoms with Crippen molar-refractivity contribution in [2.45, 2.75) is 13.0 Å². The number of nitrogens with one attached hydrogen (secondary N) is 2. The van der Waals surface area contributed by atoms with Gasteiger partial charge in [-0.05, 0) is 19.1 Å². The zero-order valence-corrected chi connectivity index (χ0v) is 9.08. The highest BCUT2D eigenvalue weighted by molar-refractivity contribution is 5.97. The normalized spacial score (nSPS) is 12.1. The lowest BCUT2D eigenvalue weighted by Gasteiger charge is -2.12. The van der Waals surface area contributed by atoms with E-state index in [0.29, 0.717) is 17.2 Å². The molecule has 1 atom stereocenters. The molecule has 2 heterocycles. The Balaban J connectivity index is 2.21. The van der Waals surface area contributed by atoms with Crippen molar-refractivity contribution < 1.29 is 4.79 Å². The second-order valence-corrected chi connectivity index (χ2v) is 3.40. The monoisotopic (exact) mass is 233 g/mol. The van der Waals surface area contributed by atoms with Gasteiger partial charge in [-0.25, -0.2) is 4.98 Å². The number of pyridine rings is 1. The van der Waals surface area contributed by atoms with Crippen LogP contribution in [-0.4, -0.2) is 31.5 Å². The lowest BCUT2D eigenvalue weighted by Crippen LogP contribution is -2.17. The standard InChI is InChI=1S/C9H11N7O/c1-5(8-13-15-16-14-8)12-9-6(7(10)17)3-2-4-11-9/h2-5H,1H3,(H2,10,17)(H,11,12)(H,13,14,15,16). The number of nitrogens with two attached hydrogens (primary N) is 1. The maximum atomic E-state index is 11.2. The first kappa shape index (κ1) is 11.0. The largest absolute Gasteiger partial charge is 0.365 e. The van der Waals surface area contributed by atoms with E-state index in [9.17, 15) is 4.79 Å². The fourth-order valence-corrected chi connectivity index (χ4v) is 1.34. The van der Waals surface area contributed by atoms with Crippen LogP contribution in [0.1, 0.15) is 29.1 Å². The highest BCUT2D eigenvalue weighted by Gasteiger charge is 2.14. The second-order valence-electron chi connectivity index (χ2n) is 3.40. The molecule has 0 spiro atoms. The molecule has 17 heavy (non-hydrogen) atoms. The average molecular weight is 233 g/mol. The predicted octanol–water partition coefficient (Wildman–Crippen LogP) is -0.133. The quantitative estimate of drug-likeness (QED) is 0.675. The van der Waals surface area contributed by atoms with Crippen LogP contribution in [0, 0.1) is 0 Å². The van der Waals surface area contributed by atoms with Gasteiger partial charge in [0.15, 0.2) is 5.82 Å². The summed E-state index contributed by atoms with van der Waals surface area (Å²) in [5.41, 5.74) is 5.56. The lowest BCUT2D eigenvalue weighted by atomic mass is 10.2. The van der Waals surface area contributed by atoms with E-state index >= 15 is 0 Å². The van der Waals surface area contributed by atoms with E-state index < -0.39 is 5.91 Å². The Morgan fingerprint density at radius 3 is 3.06 bits per heavy atom. The third-order valence-electron chi connectivity index (χ3n) is 2.18. The van der Waals surface area contributed by atoms with Crippen LogP contribution in [0.25, 0.3) is 0 Å². The molecular formula is C9H11N7O. The van der Waals surface area contributed by atoms with Crippen molar-refractivity contribution in [3.8, 4) is 0 Å². The molecule has 8 nitrogen and oxygen atoms in total. The van der Waals surface area contributed by atoms with E-state index in [1.807, 2.05) is 6.92 Å². The molecule has 2 aromatic rings. The molecule has 0 aliphatic carbocycles. The highest BCUT2D eigenvalue weighted by Crippen LogP contribution is 2.16. The third kappa shape index (κ3) is 2.36. The van der Waals surface area contributed by atoms with Gasteiger partial charge >= 0.3 is 0 Å². The lowest BCUT2D eigenvalue weighted by molar-refractivity contribution is 0.100. The number of tetrazole rings is 1. The Hall–Kier alpha value is -2.51. The minimum Gasteiger partial charge on any atom is -0.365 e. The molecule has 0 aromatic carbocycles. The first-order chi connectivity index (χ1) is 8.18. The average Bonchev–Trinajstić information content (AvgIpc) is 2.83. The van der Waals surface area contributed by atoms with E-state index in [-0.39, 0.29) is 6.04 Å². The van der Waals surface area contributed by atoms with Crippen LogP contribution < -0.4 is 11.1 Å². The van der Waals surface area contributed by atoms with Gasteiger partial charge in [-0.3, -0.25) is 4.79 Å². The molecule has 0 saturated carbocycles. The summed E-state index contributed by atoms with van der Waals surface area (Å²) in [6.07, 6.45) is 1.57. The summed E-state index contributed by atoms with van der Waals surface area (Å²) in [7, 11) is 0. The van der Waals surface area contributed by atoms with Crippen molar-refractivity contribution in [3.05, 3.63) is 29.7 Å². The number of anilines is 1. The third-order valence-corrected chi connectivity index (χ3v) is 2.18. The fraction of sp³-hybridized carbons (Fsp3) is 0.222. The zero-order chi connectivity index (χ0) is 12.3. The van der Waals surface area contributed by atoms with Gasteiger partial charge in [0.25, 0.3) is 5.91 Å². The Bertz CT molecular complexity index is 510. The molecule has 8 heteroatoms. The van der Waals surface area contributed by atoms with Crippen LogP contribution in [-0.2, 0) is 0 Å². The second kappa shape index (κ2) is 4.56. The first-order valence-corrected chi connectivity index (χ1v) is 4.93. The van der Waals surface area contributed by atoms with Gasteiger partial charge in [-0.15, -0.1) is 10.2 Å². The molecule has 1 unspecified atom stereocenters. The number of nitrogens with zero attached hydrogens (tertiary/aromatic N) is 4. The van der Waals surface area contributed by atoms with Crippen LogP contribution in [0.3, 0.4) is 0 Å². The summed E-state index contributed by atoms with van der Waals surface area (Å²) in [5.74, 6) is 0.337. The van der Waals surface area contributed by atoms with E-state index in [1.54, 1.807) is 18.3 Å². The first-order valence-electron chi connectivity index (χ1n) is 4.93. The van der Waals surface area contributed by atoms with Gasteiger partial charge in [0.2, 0.25) is 0 Å². The summed E-state index contributed by atoms with van der Waals surface area (Å²) in [5, 5.41) is 16.5. The van der Waals surface area contributed by atoms with Crippen molar-refractivity contribution in [1.29, 1.82) is 0 Å². The fourth-order valence-electron chi connectivity index (χ4n) is 1.34. The van der Waals surface area contributed by atoms with E-state index in [1.165, 1.54) is 0 Å². The zero-order valence-electron chi connectivity index (χ0n) is 9.08. The van der Waals surface area contributed by atoms with Crippen LogP contribution in [0.4, 0.5) is 5.82 Å². The Labute approximate surface area is 96.6 Å². The summed E-state index contributed by atoms with van der Waals surface area (Å²) < 4.78 is 0. The van der Waals surface area contributed by atoms with Gasteiger partial charge in [0.05, 0.1) is 11.6 Å². The number of hydrogen-bond acceptors (Lipinski definition) is 6. The molecule has 0 aliphatic rings. The number of carbonyl (C=O) groups excluding carboxylic acids is 1. The highest BCUT2D eigenvalue weighted by atomic mass is 16.1. The van der Waals surface area contributed by atoms with Crippen molar-refractivity contribution in [3.63, 3.8) is 0 Å². The maximum Gasteiger partial charge on any atom is 0.252 e. The molecule has 2 aromatic heterocycles. The van der Waals surface area contributed by atoms with Crippen LogP contribution in [0.5, 0.6) is 0 Å². The summed E-state index contributed by atoms with van der Waals surface area (Å²) in [4.78, 5) is 15.2. The Morgan fingerprint density at radius 1 is 1.59 bits per heavy atom. The molecule has 0 saturated heterocycles. The number of rotatable bonds is 4. The van der Waals surface area contributed by atoms with Gasteiger partial charge in [0, 0.05) is 6.20 Å². The number of primary amides is 1. The molecule has 0 bridgehead atoms. The Morgan fingerprint density at radius 2 is 2.41 bits per heavy atom. The molecule has 1 amide bonds. The Kier molecular flexibility index (Phi) is 2.95. The van der Waals surface area contributed by atoms with E-state index in [0.717, 1.165) is 0 Å². The number of H-pyrrole nitrogens is 1. The van der Waals surface area contributed by atoms with Crippen LogP contribution in [0.15, 0.2) is 18.3 Å². The number of aromatic amines is 1. The summed E-state index contributed by atoms with van der Waals surface area (Å²) >= 11 is 0. The van der Waals surface area contributed by atoms with Gasteiger partial charge in [-0.2, -0.15) is 5.21 Å². The summed E-state index contributed by atoms with van der Waals surface area (Å²) in [6, 6.07) is 3.01. The van der Waals surface area contributed by atoms with Crippen molar-refractivity contribution in [1.82, 2.24) is 25.6 Å². The molecule has 0 fully saturated rings. The number of amides is 1. The predicted molar refractivity (Wildman–Crippen MR) is 59.0 cm³/mol. The van der Waals surface area contributed by atoms with Crippen LogP contribution in [0.2, 0.25) is 0 Å². The SMILES string of the molecule is CC(Nc1ncccc1C(N)=O)c1nn[nH]n1. The number of carbonyl (C=O) groups is 1. The molecule has 0 aliphatic heterocycles. The number of hydrogen-bond donors (Lipinski definition) is 3. The van der Waals surface area contributed by atoms with Crippen LogP contribution >= 0.6 is 0 Å². The van der Waals surface area contributed by atoms with Crippen molar-refractivity contribution in [2.24, 2.45) is 5.73 Å². The molecule has 4 N–H and O–H groups in total. The molecular weight excluding hydrogens is 222 g/mol. The van der Waals surface area contributed by atoms with Gasteiger partial charge in [0.1, 0.15) is 5.82 Å². The van der Waals surface area contributed by atoms with Crippen molar-refractivity contribution in [2.75, 3.05) is 5.32 Å². The minimum absolute atomic E-state index is 0.234.